The third kappa shape index (κ3) is 5.23. The van der Waals surface area contributed by atoms with Crippen molar-refractivity contribution in [1.29, 1.82) is 0 Å². The van der Waals surface area contributed by atoms with Crippen LogP contribution >= 0.6 is 0 Å². The van der Waals surface area contributed by atoms with Crippen LogP contribution in [-0.4, -0.2) is 10.8 Å². The minimum atomic E-state index is -0.388. The van der Waals surface area contributed by atoms with E-state index in [0.717, 1.165) is 110 Å². The molecule has 8 aromatic carbocycles. The van der Waals surface area contributed by atoms with E-state index in [-0.39, 0.29) is 12.3 Å². The second-order valence-corrected chi connectivity index (χ2v) is 15.0. The van der Waals surface area contributed by atoms with Gasteiger partial charge >= 0.3 is 0 Å². The fraction of sp³-hybridized carbons (Fsp3) is 0.0385. The smallest absolute Gasteiger partial charge is 0.143 e. The highest BCUT2D eigenvalue weighted by Gasteiger charge is 2.30. The molecule has 274 valence electrons. The molecule has 6 nitrogen and oxygen atoms in total. The van der Waals surface area contributed by atoms with Gasteiger partial charge in [-0.15, -0.1) is 0 Å². The fourth-order valence-electron chi connectivity index (χ4n) is 8.91. The number of rotatable bonds is 5. The molecule has 2 N–H and O–H groups in total. The number of hydrogen-bond acceptors (Lipinski definition) is 6. The summed E-state index contributed by atoms with van der Waals surface area (Å²) in [7, 11) is 0. The Morgan fingerprint density at radius 1 is 0.466 bits per heavy atom. The van der Waals surface area contributed by atoms with Crippen molar-refractivity contribution in [2.24, 2.45) is 4.99 Å². The second kappa shape index (κ2) is 13.0. The average molecular weight is 747 g/mol. The van der Waals surface area contributed by atoms with Gasteiger partial charge in [0.1, 0.15) is 40.5 Å². The number of nitrogens with zero attached hydrogens (tertiary/aromatic N) is 2. The number of furan rings is 2. The van der Waals surface area contributed by atoms with Crippen LogP contribution in [0, 0.1) is 0 Å². The number of benzene rings is 8. The number of nitrogens with one attached hydrogen (secondary N) is 2. The molecule has 11 aromatic rings. The Labute approximate surface area is 333 Å². The van der Waals surface area contributed by atoms with E-state index in [2.05, 4.69) is 161 Å². The summed E-state index contributed by atoms with van der Waals surface area (Å²) in [4.78, 5) is 9.80. The molecule has 0 bridgehead atoms. The van der Waals surface area contributed by atoms with Crippen molar-refractivity contribution in [1.82, 2.24) is 15.6 Å². The molecule has 1 aliphatic rings. The van der Waals surface area contributed by atoms with Crippen LogP contribution in [0.4, 0.5) is 0 Å². The van der Waals surface area contributed by atoms with E-state index in [4.69, 9.17) is 13.8 Å². The average Bonchev–Trinajstić information content (AvgIpc) is 3.86. The summed E-state index contributed by atoms with van der Waals surface area (Å²) in [5, 5.41) is 16.6. The summed E-state index contributed by atoms with van der Waals surface area (Å²) in [5.41, 5.74) is 10.9. The molecule has 4 heterocycles. The first-order valence-corrected chi connectivity index (χ1v) is 19.6. The quantitative estimate of drug-likeness (QED) is 0.183. The molecular weight excluding hydrogens is 713 g/mol. The maximum atomic E-state index is 6.91. The number of fused-ring (bicyclic) bond motifs is 8. The summed E-state index contributed by atoms with van der Waals surface area (Å²) in [6.07, 6.45) is 3.03. The van der Waals surface area contributed by atoms with Crippen LogP contribution in [-0.2, 0) is 0 Å². The third-order valence-electron chi connectivity index (χ3n) is 11.6. The van der Waals surface area contributed by atoms with Gasteiger partial charge in [-0.05, 0) is 86.9 Å². The van der Waals surface area contributed by atoms with E-state index < -0.39 is 0 Å². The maximum Gasteiger partial charge on any atom is 0.143 e. The zero-order valence-corrected chi connectivity index (χ0v) is 31.2. The molecule has 3 aromatic heterocycles. The van der Waals surface area contributed by atoms with Gasteiger partial charge in [0.25, 0.3) is 0 Å². The number of pyridine rings is 1. The number of aliphatic imine (C=N–C) groups is 1. The first-order valence-electron chi connectivity index (χ1n) is 19.6. The number of para-hydroxylation sites is 1. The molecule has 2 atom stereocenters. The third-order valence-corrected chi connectivity index (χ3v) is 11.6. The van der Waals surface area contributed by atoms with Gasteiger partial charge in [-0.25, -0.2) is 4.99 Å². The summed E-state index contributed by atoms with van der Waals surface area (Å²) in [5.74, 6) is 0.816. The van der Waals surface area contributed by atoms with Crippen LogP contribution in [0.15, 0.2) is 196 Å². The SMILES string of the molecule is c1ccc(C2=NC(c3cccc4oc5ccccc5c34)NC(c3cc4ccccc4cc3-c3ccc(-c4ccccc4)c4oc5cc6cnccc6cc5c34)N2)cc1. The van der Waals surface area contributed by atoms with Gasteiger partial charge in [0, 0.05) is 56.0 Å². The summed E-state index contributed by atoms with van der Waals surface area (Å²) in [6.45, 7) is 0. The molecule has 0 saturated carbocycles. The van der Waals surface area contributed by atoms with Crippen LogP contribution in [0.2, 0.25) is 0 Å². The molecule has 0 amide bonds. The van der Waals surface area contributed by atoms with Gasteiger partial charge in [0.05, 0.1) is 0 Å². The lowest BCUT2D eigenvalue weighted by Crippen LogP contribution is -2.45. The van der Waals surface area contributed by atoms with E-state index >= 15 is 0 Å². The largest absolute Gasteiger partial charge is 0.456 e. The summed E-state index contributed by atoms with van der Waals surface area (Å²) in [6, 6.07) is 59.6. The molecule has 0 saturated heterocycles. The minimum absolute atomic E-state index is 0.334. The Bertz CT molecular complexity index is 3420. The minimum Gasteiger partial charge on any atom is -0.456 e. The molecule has 1 aliphatic heterocycles. The molecule has 0 spiro atoms. The predicted octanol–water partition coefficient (Wildman–Crippen LogP) is 12.9. The van der Waals surface area contributed by atoms with E-state index in [1.165, 1.54) is 0 Å². The number of amidine groups is 1. The summed E-state index contributed by atoms with van der Waals surface area (Å²) >= 11 is 0. The van der Waals surface area contributed by atoms with Crippen molar-refractivity contribution in [3.05, 3.63) is 199 Å². The lowest BCUT2D eigenvalue weighted by Gasteiger charge is -2.33. The standard InChI is InChI=1S/C52H34N4O2/c1-3-12-31(13-4-1)37-22-23-38(48-43-28-35-24-25-53-30-36(35)29-46(43)58-49(37)48)41-26-33-16-7-8-17-34(33)27-42(41)52-55-50(32-14-5-2-6-15-32)54-51(56-52)40-19-11-21-45-47(40)39-18-9-10-20-44(39)57-45/h1-30,51-52,56H,(H,54,55). The monoisotopic (exact) mass is 746 g/mol. The van der Waals surface area contributed by atoms with Crippen LogP contribution in [0.5, 0.6) is 0 Å². The molecule has 2 unspecified atom stereocenters. The Morgan fingerprint density at radius 3 is 2.05 bits per heavy atom. The zero-order valence-electron chi connectivity index (χ0n) is 31.2. The Morgan fingerprint density at radius 2 is 1.19 bits per heavy atom. The van der Waals surface area contributed by atoms with E-state index in [1.807, 2.05) is 36.7 Å². The van der Waals surface area contributed by atoms with Gasteiger partial charge in [-0.2, -0.15) is 0 Å². The predicted molar refractivity (Wildman–Crippen MR) is 236 cm³/mol. The van der Waals surface area contributed by atoms with Crippen molar-refractivity contribution in [2.75, 3.05) is 0 Å². The maximum absolute atomic E-state index is 6.91. The first kappa shape index (κ1) is 32.7. The van der Waals surface area contributed by atoms with Crippen molar-refractivity contribution in [2.45, 2.75) is 12.3 Å². The Kier molecular flexibility index (Phi) is 7.33. The van der Waals surface area contributed by atoms with Crippen LogP contribution < -0.4 is 10.6 Å². The number of aromatic nitrogens is 1. The first-order chi connectivity index (χ1) is 28.7. The van der Waals surface area contributed by atoms with Crippen molar-refractivity contribution >= 4 is 71.3 Å². The molecule has 0 radical (unpaired) electrons. The highest BCUT2D eigenvalue weighted by Crippen LogP contribution is 2.46. The van der Waals surface area contributed by atoms with E-state index in [1.54, 1.807) is 0 Å². The number of hydrogen-bond donors (Lipinski definition) is 2. The molecular formula is C52H34N4O2. The van der Waals surface area contributed by atoms with Gasteiger partial charge in [-0.3, -0.25) is 10.3 Å². The van der Waals surface area contributed by atoms with Crippen LogP contribution in [0.3, 0.4) is 0 Å². The lowest BCUT2D eigenvalue weighted by molar-refractivity contribution is 0.411. The van der Waals surface area contributed by atoms with Crippen LogP contribution in [0.1, 0.15) is 29.0 Å². The van der Waals surface area contributed by atoms with Gasteiger partial charge in [0.15, 0.2) is 0 Å². The lowest BCUT2D eigenvalue weighted by atomic mass is 9.89. The second-order valence-electron chi connectivity index (χ2n) is 15.0. The molecule has 0 fully saturated rings. The topological polar surface area (TPSA) is 75.6 Å². The molecule has 0 aliphatic carbocycles. The molecule has 12 rings (SSSR count). The van der Waals surface area contributed by atoms with E-state index in [0.29, 0.717) is 0 Å². The fourth-order valence-corrected chi connectivity index (χ4v) is 8.91. The zero-order chi connectivity index (χ0) is 38.2. The van der Waals surface area contributed by atoms with Crippen LogP contribution in [0.25, 0.3) is 87.7 Å². The highest BCUT2D eigenvalue weighted by molar-refractivity contribution is 6.19. The Hall–Kier alpha value is -7.54. The van der Waals surface area contributed by atoms with Gasteiger partial charge < -0.3 is 14.2 Å². The molecule has 58 heavy (non-hydrogen) atoms. The molecule has 6 heteroatoms. The van der Waals surface area contributed by atoms with Crippen molar-refractivity contribution in [3.8, 4) is 22.3 Å². The van der Waals surface area contributed by atoms with Gasteiger partial charge in [0.2, 0.25) is 0 Å². The van der Waals surface area contributed by atoms with Crippen molar-refractivity contribution < 1.29 is 8.83 Å². The van der Waals surface area contributed by atoms with Crippen molar-refractivity contribution in [3.63, 3.8) is 0 Å². The van der Waals surface area contributed by atoms with E-state index in [9.17, 15) is 0 Å². The normalized spacial score (nSPS) is 15.8. The highest BCUT2D eigenvalue weighted by atomic mass is 16.3. The Balaban J connectivity index is 1.11. The van der Waals surface area contributed by atoms with Gasteiger partial charge in [-0.1, -0.05) is 121 Å². The summed E-state index contributed by atoms with van der Waals surface area (Å²) < 4.78 is 13.3.